The molecule has 0 atom stereocenters. The molecule has 1 aliphatic rings. The quantitative estimate of drug-likeness (QED) is 0.715. The summed E-state index contributed by atoms with van der Waals surface area (Å²) in [6.45, 7) is 2.41. The predicted octanol–water partition coefficient (Wildman–Crippen LogP) is 2.14. The van der Waals surface area contributed by atoms with Crippen LogP contribution in [0.25, 0.3) is 0 Å². The van der Waals surface area contributed by atoms with Crippen molar-refractivity contribution >= 4 is 27.3 Å². The standard InChI is InChI=1S/C20H24FN3O4S/c1-22-29(26,27)17-6-2-15(3-7-17)4-9-20(25)23-16-5-8-19(18(21)14-16)24-10-12-28-13-11-24/h2-3,5-8,14,22H,4,9-13H2,1H3,(H,23,25). The fraction of sp³-hybridized carbons (Fsp3) is 0.350. The summed E-state index contributed by atoms with van der Waals surface area (Å²) >= 11 is 0. The van der Waals surface area contributed by atoms with E-state index in [1.165, 1.54) is 25.2 Å². The van der Waals surface area contributed by atoms with Gasteiger partial charge in [-0.25, -0.2) is 17.5 Å². The molecule has 1 heterocycles. The van der Waals surface area contributed by atoms with Gasteiger partial charge in [-0.2, -0.15) is 0 Å². The van der Waals surface area contributed by atoms with Gasteiger partial charge >= 0.3 is 0 Å². The van der Waals surface area contributed by atoms with Crippen LogP contribution < -0.4 is 14.9 Å². The highest BCUT2D eigenvalue weighted by Gasteiger charge is 2.16. The van der Waals surface area contributed by atoms with Crippen molar-refractivity contribution in [2.24, 2.45) is 0 Å². The summed E-state index contributed by atoms with van der Waals surface area (Å²) in [4.78, 5) is 14.3. The summed E-state index contributed by atoms with van der Waals surface area (Å²) in [7, 11) is -2.13. The molecular weight excluding hydrogens is 397 g/mol. The lowest BCUT2D eigenvalue weighted by atomic mass is 10.1. The van der Waals surface area contributed by atoms with Gasteiger partial charge in [0.1, 0.15) is 5.82 Å². The SMILES string of the molecule is CNS(=O)(=O)c1ccc(CCC(=O)Nc2ccc(N3CCOCC3)c(F)c2)cc1. The zero-order valence-corrected chi connectivity index (χ0v) is 17.0. The molecule has 0 saturated carbocycles. The number of rotatable bonds is 7. The van der Waals surface area contributed by atoms with E-state index in [0.29, 0.717) is 44.1 Å². The van der Waals surface area contributed by atoms with Crippen LogP contribution >= 0.6 is 0 Å². The van der Waals surface area contributed by atoms with Crippen molar-refractivity contribution in [3.63, 3.8) is 0 Å². The molecule has 3 rings (SSSR count). The zero-order valence-electron chi connectivity index (χ0n) is 16.2. The third-order valence-corrected chi connectivity index (χ3v) is 6.16. The molecule has 0 unspecified atom stereocenters. The van der Waals surface area contributed by atoms with Crippen LogP contribution in [-0.2, 0) is 26.0 Å². The van der Waals surface area contributed by atoms with E-state index in [9.17, 15) is 17.6 Å². The minimum absolute atomic E-state index is 0.170. The second-order valence-corrected chi connectivity index (χ2v) is 8.55. The summed E-state index contributed by atoms with van der Waals surface area (Å²) in [5.74, 6) is -0.624. The summed E-state index contributed by atoms with van der Waals surface area (Å²) in [5, 5.41) is 2.70. The number of nitrogens with zero attached hydrogens (tertiary/aromatic N) is 1. The number of halogens is 1. The molecular formula is C20H24FN3O4S. The number of hydrogen-bond acceptors (Lipinski definition) is 5. The van der Waals surface area contributed by atoms with E-state index in [2.05, 4.69) is 10.0 Å². The Bertz CT molecular complexity index is 958. The Morgan fingerprint density at radius 2 is 1.83 bits per heavy atom. The molecule has 2 N–H and O–H groups in total. The fourth-order valence-electron chi connectivity index (χ4n) is 3.08. The van der Waals surface area contributed by atoms with Crippen LogP contribution in [0.1, 0.15) is 12.0 Å². The van der Waals surface area contributed by atoms with Crippen LogP contribution in [0.15, 0.2) is 47.4 Å². The largest absolute Gasteiger partial charge is 0.378 e. The second-order valence-electron chi connectivity index (χ2n) is 6.67. The molecule has 29 heavy (non-hydrogen) atoms. The molecule has 2 aromatic carbocycles. The molecule has 0 bridgehead atoms. The maximum absolute atomic E-state index is 14.4. The number of benzene rings is 2. The van der Waals surface area contributed by atoms with E-state index >= 15 is 0 Å². The lowest BCUT2D eigenvalue weighted by molar-refractivity contribution is -0.116. The highest BCUT2D eigenvalue weighted by molar-refractivity contribution is 7.89. The van der Waals surface area contributed by atoms with Crippen LogP contribution in [0.3, 0.4) is 0 Å². The molecule has 1 aliphatic heterocycles. The number of hydrogen-bond donors (Lipinski definition) is 2. The van der Waals surface area contributed by atoms with E-state index < -0.39 is 10.0 Å². The van der Waals surface area contributed by atoms with Gasteiger partial charge in [-0.3, -0.25) is 4.79 Å². The van der Waals surface area contributed by atoms with Crippen molar-refractivity contribution in [3.05, 3.63) is 53.8 Å². The topological polar surface area (TPSA) is 87.7 Å². The molecule has 0 radical (unpaired) electrons. The van der Waals surface area contributed by atoms with Gasteiger partial charge in [0.2, 0.25) is 15.9 Å². The molecule has 156 valence electrons. The van der Waals surface area contributed by atoms with Gasteiger partial charge in [-0.1, -0.05) is 12.1 Å². The van der Waals surface area contributed by atoms with Crippen LogP contribution in [-0.4, -0.2) is 47.7 Å². The molecule has 0 aliphatic carbocycles. The number of morpholine rings is 1. The van der Waals surface area contributed by atoms with Crippen molar-refractivity contribution in [2.45, 2.75) is 17.7 Å². The van der Waals surface area contributed by atoms with Crippen LogP contribution in [0.4, 0.5) is 15.8 Å². The van der Waals surface area contributed by atoms with Gasteiger partial charge < -0.3 is 15.0 Å². The second kappa shape index (κ2) is 9.34. The number of amides is 1. The number of ether oxygens (including phenoxy) is 1. The number of nitrogens with one attached hydrogen (secondary N) is 2. The minimum atomic E-state index is -3.48. The molecule has 0 aromatic heterocycles. The number of aryl methyl sites for hydroxylation is 1. The monoisotopic (exact) mass is 421 g/mol. The third-order valence-electron chi connectivity index (χ3n) is 4.73. The van der Waals surface area contributed by atoms with E-state index in [1.807, 2.05) is 4.90 Å². The summed E-state index contributed by atoms with van der Waals surface area (Å²) in [5.41, 5.74) is 1.74. The van der Waals surface area contributed by atoms with Gasteiger partial charge in [0, 0.05) is 25.2 Å². The van der Waals surface area contributed by atoms with Crippen molar-refractivity contribution in [2.75, 3.05) is 43.6 Å². The first-order valence-corrected chi connectivity index (χ1v) is 10.8. The van der Waals surface area contributed by atoms with E-state index in [-0.39, 0.29) is 23.0 Å². The van der Waals surface area contributed by atoms with Gasteiger partial charge in [0.15, 0.2) is 0 Å². The molecule has 2 aromatic rings. The Morgan fingerprint density at radius 1 is 1.14 bits per heavy atom. The average Bonchev–Trinajstić information content (AvgIpc) is 2.73. The van der Waals surface area contributed by atoms with Crippen molar-refractivity contribution < 1.29 is 22.3 Å². The maximum Gasteiger partial charge on any atom is 0.240 e. The Morgan fingerprint density at radius 3 is 2.45 bits per heavy atom. The smallest absolute Gasteiger partial charge is 0.240 e. The van der Waals surface area contributed by atoms with Crippen LogP contribution in [0.5, 0.6) is 0 Å². The lowest BCUT2D eigenvalue weighted by Crippen LogP contribution is -2.36. The summed E-state index contributed by atoms with van der Waals surface area (Å²) in [6, 6.07) is 11.0. The molecule has 9 heteroatoms. The summed E-state index contributed by atoms with van der Waals surface area (Å²) < 4.78 is 45.4. The molecule has 1 saturated heterocycles. The van der Waals surface area contributed by atoms with E-state index in [4.69, 9.17) is 4.74 Å². The van der Waals surface area contributed by atoms with Gasteiger partial charge in [-0.05, 0) is 49.4 Å². The molecule has 0 spiro atoms. The van der Waals surface area contributed by atoms with Crippen molar-refractivity contribution in [1.82, 2.24) is 4.72 Å². The molecule has 1 amide bonds. The van der Waals surface area contributed by atoms with Gasteiger partial charge in [-0.15, -0.1) is 0 Å². The normalized spacial score (nSPS) is 14.6. The number of sulfonamides is 1. The predicted molar refractivity (Wildman–Crippen MR) is 109 cm³/mol. The highest BCUT2D eigenvalue weighted by Crippen LogP contribution is 2.24. The van der Waals surface area contributed by atoms with E-state index in [0.717, 1.165) is 5.56 Å². The fourth-order valence-corrected chi connectivity index (χ4v) is 3.81. The van der Waals surface area contributed by atoms with E-state index in [1.54, 1.807) is 24.3 Å². The molecule has 1 fully saturated rings. The maximum atomic E-state index is 14.4. The zero-order chi connectivity index (χ0) is 20.9. The highest BCUT2D eigenvalue weighted by atomic mass is 32.2. The lowest BCUT2D eigenvalue weighted by Gasteiger charge is -2.29. The van der Waals surface area contributed by atoms with Crippen molar-refractivity contribution in [1.29, 1.82) is 0 Å². The Balaban J connectivity index is 1.55. The van der Waals surface area contributed by atoms with Crippen molar-refractivity contribution in [3.8, 4) is 0 Å². The Kier molecular flexibility index (Phi) is 6.83. The van der Waals surface area contributed by atoms with Crippen LogP contribution in [0, 0.1) is 5.82 Å². The average molecular weight is 421 g/mol. The summed E-state index contributed by atoms with van der Waals surface area (Å²) in [6.07, 6.45) is 0.644. The number of carbonyl (C=O) groups is 1. The van der Waals surface area contributed by atoms with Gasteiger partial charge in [0.25, 0.3) is 0 Å². The molecule has 7 nitrogen and oxygen atoms in total. The third kappa shape index (κ3) is 5.53. The van der Waals surface area contributed by atoms with Gasteiger partial charge in [0.05, 0.1) is 23.8 Å². The number of carbonyl (C=O) groups excluding carboxylic acids is 1. The Hall–Kier alpha value is -2.49. The first-order chi connectivity index (χ1) is 13.9. The minimum Gasteiger partial charge on any atom is -0.378 e. The first kappa shape index (κ1) is 21.2. The Labute approximate surface area is 169 Å². The number of anilines is 2. The first-order valence-electron chi connectivity index (χ1n) is 9.33. The van der Waals surface area contributed by atoms with Crippen LogP contribution in [0.2, 0.25) is 0 Å².